The highest BCUT2D eigenvalue weighted by atomic mass is 32.2. The molecule has 0 aromatic rings. The Morgan fingerprint density at radius 3 is 2.59 bits per heavy atom. The van der Waals surface area contributed by atoms with Gasteiger partial charge in [0.05, 0.1) is 5.37 Å². The molecule has 98 valence electrons. The Morgan fingerprint density at radius 1 is 1.59 bits per heavy atom. The summed E-state index contributed by atoms with van der Waals surface area (Å²) in [5.74, 6) is -0.761. The standard InChI is InChI=1S/C11H19NO4S/c1-5-11(3,16-4)10(15)12-7(2)17-6-8(12)9(13)14/h7-8H,5-6H2,1-4H3,(H,13,14). The SMILES string of the molecule is CCC(C)(OC)C(=O)N1C(C)SCC1C(=O)O. The van der Waals surface area contributed by atoms with Gasteiger partial charge in [0.2, 0.25) is 0 Å². The minimum absolute atomic E-state index is 0.121. The molecule has 1 saturated heterocycles. The van der Waals surface area contributed by atoms with Crippen LogP contribution in [0.4, 0.5) is 0 Å². The Labute approximate surface area is 105 Å². The number of carbonyl (C=O) groups excluding carboxylic acids is 1. The van der Waals surface area contributed by atoms with Crippen LogP contribution in [0.2, 0.25) is 0 Å². The van der Waals surface area contributed by atoms with E-state index in [1.54, 1.807) is 6.92 Å². The summed E-state index contributed by atoms with van der Waals surface area (Å²) in [4.78, 5) is 24.9. The van der Waals surface area contributed by atoms with E-state index in [1.807, 2.05) is 13.8 Å². The molecule has 1 aliphatic rings. The zero-order valence-electron chi connectivity index (χ0n) is 10.6. The Morgan fingerprint density at radius 2 is 2.18 bits per heavy atom. The van der Waals surface area contributed by atoms with Crippen molar-refractivity contribution in [2.24, 2.45) is 0 Å². The van der Waals surface area contributed by atoms with E-state index in [1.165, 1.54) is 23.8 Å². The molecule has 1 rings (SSSR count). The van der Waals surface area contributed by atoms with E-state index in [2.05, 4.69) is 0 Å². The minimum atomic E-state index is -0.954. The van der Waals surface area contributed by atoms with Gasteiger partial charge in [0.25, 0.3) is 5.91 Å². The molecular formula is C11H19NO4S. The van der Waals surface area contributed by atoms with Gasteiger partial charge < -0.3 is 14.7 Å². The van der Waals surface area contributed by atoms with E-state index in [0.29, 0.717) is 12.2 Å². The molecule has 0 saturated carbocycles. The quantitative estimate of drug-likeness (QED) is 0.823. The van der Waals surface area contributed by atoms with Crippen LogP contribution in [-0.2, 0) is 14.3 Å². The number of hydrogen-bond donors (Lipinski definition) is 1. The van der Waals surface area contributed by atoms with Crippen molar-refractivity contribution in [2.75, 3.05) is 12.9 Å². The van der Waals surface area contributed by atoms with Gasteiger partial charge in [0.15, 0.2) is 0 Å². The van der Waals surface area contributed by atoms with E-state index in [-0.39, 0.29) is 11.3 Å². The van der Waals surface area contributed by atoms with E-state index in [9.17, 15) is 9.59 Å². The first-order valence-corrected chi connectivity index (χ1v) is 6.64. The molecule has 0 spiro atoms. The molecule has 0 aliphatic carbocycles. The molecular weight excluding hydrogens is 242 g/mol. The molecule has 0 aromatic carbocycles. The predicted molar refractivity (Wildman–Crippen MR) is 65.9 cm³/mol. The van der Waals surface area contributed by atoms with Gasteiger partial charge in [0, 0.05) is 12.9 Å². The first kappa shape index (κ1) is 14.3. The second-order valence-electron chi connectivity index (χ2n) is 4.29. The summed E-state index contributed by atoms with van der Waals surface area (Å²) in [6.07, 6.45) is 0.516. The summed E-state index contributed by atoms with van der Waals surface area (Å²) in [7, 11) is 1.48. The smallest absolute Gasteiger partial charge is 0.327 e. The molecule has 1 heterocycles. The normalized spacial score (nSPS) is 27.9. The lowest BCUT2D eigenvalue weighted by atomic mass is 10.0. The molecule has 6 heteroatoms. The molecule has 1 aliphatic heterocycles. The number of methoxy groups -OCH3 is 1. The van der Waals surface area contributed by atoms with Gasteiger partial charge in [-0.25, -0.2) is 4.79 Å². The number of carbonyl (C=O) groups is 2. The van der Waals surface area contributed by atoms with Crippen LogP contribution in [-0.4, -0.2) is 51.8 Å². The third-order valence-corrected chi connectivity index (χ3v) is 4.54. The minimum Gasteiger partial charge on any atom is -0.480 e. The lowest BCUT2D eigenvalue weighted by molar-refractivity contribution is -0.161. The van der Waals surface area contributed by atoms with Gasteiger partial charge in [-0.05, 0) is 20.3 Å². The van der Waals surface area contributed by atoms with E-state index >= 15 is 0 Å². The fourth-order valence-electron chi connectivity index (χ4n) is 1.80. The van der Waals surface area contributed by atoms with Gasteiger partial charge in [-0.15, -0.1) is 11.8 Å². The number of rotatable bonds is 4. The van der Waals surface area contributed by atoms with Crippen molar-refractivity contribution < 1.29 is 19.4 Å². The monoisotopic (exact) mass is 261 g/mol. The van der Waals surface area contributed by atoms with Crippen LogP contribution in [0.25, 0.3) is 0 Å². The molecule has 17 heavy (non-hydrogen) atoms. The summed E-state index contributed by atoms with van der Waals surface area (Å²) in [6, 6.07) is -0.747. The Kier molecular flexibility index (Phi) is 4.43. The summed E-state index contributed by atoms with van der Waals surface area (Å²) >= 11 is 1.48. The van der Waals surface area contributed by atoms with Crippen molar-refractivity contribution in [1.82, 2.24) is 4.90 Å². The molecule has 0 radical (unpaired) electrons. The van der Waals surface area contributed by atoms with E-state index in [0.717, 1.165) is 0 Å². The molecule has 1 amide bonds. The molecule has 3 atom stereocenters. The van der Waals surface area contributed by atoms with Gasteiger partial charge in [0.1, 0.15) is 11.6 Å². The lowest BCUT2D eigenvalue weighted by Gasteiger charge is -2.34. The zero-order chi connectivity index (χ0) is 13.2. The second-order valence-corrected chi connectivity index (χ2v) is 5.64. The van der Waals surface area contributed by atoms with Gasteiger partial charge >= 0.3 is 5.97 Å². The van der Waals surface area contributed by atoms with Crippen LogP contribution in [0, 0.1) is 0 Å². The van der Waals surface area contributed by atoms with E-state index < -0.39 is 17.6 Å². The second kappa shape index (κ2) is 5.27. The van der Waals surface area contributed by atoms with Crippen LogP contribution < -0.4 is 0 Å². The van der Waals surface area contributed by atoms with Crippen LogP contribution in [0.5, 0.6) is 0 Å². The summed E-state index contributed by atoms with van der Waals surface area (Å²) in [5, 5.41) is 8.99. The maximum Gasteiger partial charge on any atom is 0.327 e. The molecule has 0 aromatic heterocycles. The number of carboxylic acid groups (broad SMARTS) is 1. The lowest BCUT2D eigenvalue weighted by Crippen LogP contribution is -2.54. The number of amides is 1. The van der Waals surface area contributed by atoms with Crippen molar-refractivity contribution in [3.05, 3.63) is 0 Å². The third-order valence-electron chi connectivity index (χ3n) is 3.32. The number of thioether (sulfide) groups is 1. The third kappa shape index (κ3) is 2.57. The van der Waals surface area contributed by atoms with Crippen LogP contribution in [0.3, 0.4) is 0 Å². The van der Waals surface area contributed by atoms with Gasteiger partial charge in [-0.2, -0.15) is 0 Å². The number of ether oxygens (including phenoxy) is 1. The van der Waals surface area contributed by atoms with Gasteiger partial charge in [-0.3, -0.25) is 4.79 Å². The predicted octanol–water partition coefficient (Wildman–Crippen LogP) is 1.18. The first-order valence-electron chi connectivity index (χ1n) is 5.59. The molecule has 5 nitrogen and oxygen atoms in total. The molecule has 0 bridgehead atoms. The van der Waals surface area contributed by atoms with Crippen molar-refractivity contribution >= 4 is 23.6 Å². The van der Waals surface area contributed by atoms with Crippen LogP contribution >= 0.6 is 11.8 Å². The number of carboxylic acids is 1. The number of nitrogens with zero attached hydrogens (tertiary/aromatic N) is 1. The van der Waals surface area contributed by atoms with Gasteiger partial charge in [-0.1, -0.05) is 6.92 Å². The van der Waals surface area contributed by atoms with Crippen molar-refractivity contribution in [3.8, 4) is 0 Å². The highest BCUT2D eigenvalue weighted by molar-refractivity contribution is 8.00. The maximum absolute atomic E-state index is 12.4. The molecule has 1 N–H and O–H groups in total. The van der Waals surface area contributed by atoms with Crippen LogP contribution in [0.1, 0.15) is 27.2 Å². The van der Waals surface area contributed by atoms with Crippen molar-refractivity contribution in [2.45, 2.75) is 44.2 Å². The Hall–Kier alpha value is -0.750. The van der Waals surface area contributed by atoms with E-state index in [4.69, 9.17) is 9.84 Å². The maximum atomic E-state index is 12.4. The fourth-order valence-corrected chi connectivity index (χ4v) is 2.96. The van der Waals surface area contributed by atoms with Crippen LogP contribution in [0.15, 0.2) is 0 Å². The molecule has 3 unspecified atom stereocenters. The highest BCUT2D eigenvalue weighted by Crippen LogP contribution is 2.32. The summed E-state index contributed by atoms with van der Waals surface area (Å²) in [6.45, 7) is 5.40. The average Bonchev–Trinajstić information content (AvgIpc) is 2.69. The average molecular weight is 261 g/mol. The highest BCUT2D eigenvalue weighted by Gasteiger charge is 2.45. The zero-order valence-corrected chi connectivity index (χ0v) is 11.4. The van der Waals surface area contributed by atoms with Crippen molar-refractivity contribution in [1.29, 1.82) is 0 Å². The number of hydrogen-bond acceptors (Lipinski definition) is 4. The molecule has 1 fully saturated rings. The largest absolute Gasteiger partial charge is 0.480 e. The summed E-state index contributed by atoms with van der Waals surface area (Å²) < 4.78 is 5.24. The van der Waals surface area contributed by atoms with Crippen molar-refractivity contribution in [3.63, 3.8) is 0 Å². The number of aliphatic carboxylic acids is 1. The Bertz CT molecular complexity index is 317. The topological polar surface area (TPSA) is 66.8 Å². The Balaban J connectivity index is 2.96. The fraction of sp³-hybridized carbons (Fsp3) is 0.818. The summed E-state index contributed by atoms with van der Waals surface area (Å²) in [5.41, 5.74) is -0.938. The first-order chi connectivity index (χ1) is 7.87.